The molecule has 1 heterocycles. The number of halogens is 2. The van der Waals surface area contributed by atoms with Gasteiger partial charge >= 0.3 is 6.03 Å². The van der Waals surface area contributed by atoms with Crippen molar-refractivity contribution in [1.29, 1.82) is 0 Å². The maximum Gasteiger partial charge on any atom is 0.348 e. The molecule has 0 aliphatic rings. The molecule has 0 saturated heterocycles. The third kappa shape index (κ3) is 2.57. The van der Waals surface area contributed by atoms with Crippen molar-refractivity contribution in [3.8, 4) is 0 Å². The summed E-state index contributed by atoms with van der Waals surface area (Å²) >= 11 is 11.6. The molecule has 0 spiro atoms. The lowest BCUT2D eigenvalue weighted by molar-refractivity contribution is 0.250. The first-order valence-electron chi connectivity index (χ1n) is 5.02. The number of anilines is 1. The van der Waals surface area contributed by atoms with Gasteiger partial charge in [0.2, 0.25) is 0 Å². The van der Waals surface area contributed by atoms with Gasteiger partial charge in [-0.2, -0.15) is 4.68 Å². The van der Waals surface area contributed by atoms with Crippen LogP contribution in [0.25, 0.3) is 0 Å². The summed E-state index contributed by atoms with van der Waals surface area (Å²) in [6, 6.07) is 5.39. The molecule has 1 aromatic heterocycles. The van der Waals surface area contributed by atoms with Crippen LogP contribution in [-0.2, 0) is 0 Å². The summed E-state index contributed by atoms with van der Waals surface area (Å²) in [5, 5.41) is 5.87. The van der Waals surface area contributed by atoms with Crippen LogP contribution in [0.15, 0.2) is 29.1 Å². The quantitative estimate of drug-likeness (QED) is 0.846. The van der Waals surface area contributed by atoms with Gasteiger partial charge in [0.1, 0.15) is 0 Å². The van der Waals surface area contributed by atoms with Crippen LogP contribution in [0.3, 0.4) is 0 Å². The Morgan fingerprint density at radius 2 is 2.00 bits per heavy atom. The number of rotatable bonds is 1. The lowest BCUT2D eigenvalue weighted by atomic mass is 10.3. The Bertz CT molecular complexity index is 661. The molecule has 0 atom stereocenters. The molecule has 0 aliphatic carbocycles. The summed E-state index contributed by atoms with van der Waals surface area (Å²) in [6.07, 6.45) is 0. The minimum Gasteiger partial charge on any atom is -0.306 e. The number of aryl methyl sites for hydroxylation is 1. The normalized spacial score (nSPS) is 10.4. The van der Waals surface area contributed by atoms with E-state index in [4.69, 9.17) is 23.2 Å². The SMILES string of the molecule is Cc1cc(=O)n(C(=O)Nc2ccc(Cl)c(Cl)c2)[nH]1. The highest BCUT2D eigenvalue weighted by Gasteiger charge is 2.10. The second-order valence-electron chi connectivity index (χ2n) is 3.67. The molecule has 0 bridgehead atoms. The monoisotopic (exact) mass is 285 g/mol. The Hall–Kier alpha value is -1.72. The number of hydrogen-bond donors (Lipinski definition) is 2. The van der Waals surface area contributed by atoms with Crippen molar-refractivity contribution in [3.63, 3.8) is 0 Å². The molecule has 0 saturated carbocycles. The van der Waals surface area contributed by atoms with Gasteiger partial charge in [-0.3, -0.25) is 9.89 Å². The average Bonchev–Trinajstić information content (AvgIpc) is 2.63. The van der Waals surface area contributed by atoms with Crippen molar-refractivity contribution in [2.24, 2.45) is 0 Å². The molecule has 18 heavy (non-hydrogen) atoms. The molecule has 2 aromatic rings. The number of amides is 1. The first-order valence-corrected chi connectivity index (χ1v) is 5.78. The van der Waals surface area contributed by atoms with Crippen molar-refractivity contribution in [2.75, 3.05) is 5.32 Å². The zero-order chi connectivity index (χ0) is 13.3. The van der Waals surface area contributed by atoms with Gasteiger partial charge in [-0.25, -0.2) is 4.79 Å². The standard InChI is InChI=1S/C11H9Cl2N3O2/c1-6-4-10(17)16(15-6)11(18)14-7-2-3-8(12)9(13)5-7/h2-5,15H,1H3,(H,14,18). The predicted molar refractivity (Wildman–Crippen MR) is 70.7 cm³/mol. The van der Waals surface area contributed by atoms with Crippen LogP contribution in [0.2, 0.25) is 10.0 Å². The zero-order valence-corrected chi connectivity index (χ0v) is 10.8. The van der Waals surface area contributed by atoms with Crippen molar-refractivity contribution in [3.05, 3.63) is 50.4 Å². The van der Waals surface area contributed by atoms with E-state index in [0.717, 1.165) is 4.68 Å². The number of hydrogen-bond acceptors (Lipinski definition) is 2. The highest BCUT2D eigenvalue weighted by molar-refractivity contribution is 6.42. The van der Waals surface area contributed by atoms with E-state index in [-0.39, 0.29) is 0 Å². The first-order chi connectivity index (χ1) is 8.47. The van der Waals surface area contributed by atoms with Gasteiger partial charge < -0.3 is 5.32 Å². The molecule has 5 nitrogen and oxygen atoms in total. The molecule has 0 fully saturated rings. The Morgan fingerprint density at radius 3 is 2.56 bits per heavy atom. The molecule has 94 valence electrons. The van der Waals surface area contributed by atoms with Gasteiger partial charge in [-0.05, 0) is 25.1 Å². The maximum absolute atomic E-state index is 11.8. The van der Waals surface area contributed by atoms with Crippen LogP contribution in [-0.4, -0.2) is 15.8 Å². The summed E-state index contributed by atoms with van der Waals surface area (Å²) in [5.74, 6) is 0. The second kappa shape index (κ2) is 4.88. The van der Waals surface area contributed by atoms with Crippen LogP contribution >= 0.6 is 23.2 Å². The minimum atomic E-state index is -0.591. The fraction of sp³-hybridized carbons (Fsp3) is 0.0909. The number of benzene rings is 1. The van der Waals surface area contributed by atoms with Crippen LogP contribution in [0.4, 0.5) is 10.5 Å². The smallest absolute Gasteiger partial charge is 0.306 e. The summed E-state index contributed by atoms with van der Waals surface area (Å²) in [5.41, 5.74) is 0.628. The zero-order valence-electron chi connectivity index (χ0n) is 9.33. The number of aromatic amines is 1. The number of aromatic nitrogens is 2. The molecule has 0 aliphatic heterocycles. The molecule has 1 aromatic carbocycles. The third-order valence-corrected chi connectivity index (χ3v) is 2.96. The predicted octanol–water partition coefficient (Wildman–Crippen LogP) is 2.87. The third-order valence-electron chi connectivity index (χ3n) is 2.22. The Balaban J connectivity index is 2.24. The van der Waals surface area contributed by atoms with Gasteiger partial charge in [0.15, 0.2) is 0 Å². The Kier molecular flexibility index (Phi) is 3.45. The summed E-state index contributed by atoms with van der Waals surface area (Å²) in [6.45, 7) is 1.68. The number of carbonyl (C=O) groups is 1. The number of nitrogens with one attached hydrogen (secondary N) is 2. The van der Waals surface area contributed by atoms with Gasteiger partial charge in [0.25, 0.3) is 5.56 Å². The molecule has 0 radical (unpaired) electrons. The molecule has 0 unspecified atom stereocenters. The molecule has 2 N–H and O–H groups in total. The van der Waals surface area contributed by atoms with Crippen LogP contribution < -0.4 is 10.9 Å². The van der Waals surface area contributed by atoms with E-state index in [2.05, 4.69) is 10.4 Å². The first kappa shape index (κ1) is 12.7. The topological polar surface area (TPSA) is 66.9 Å². The van der Waals surface area contributed by atoms with Gasteiger partial charge in [-0.1, -0.05) is 23.2 Å². The molecular formula is C11H9Cl2N3O2. The largest absolute Gasteiger partial charge is 0.348 e. The highest BCUT2D eigenvalue weighted by Crippen LogP contribution is 2.24. The van der Waals surface area contributed by atoms with E-state index in [1.54, 1.807) is 19.1 Å². The van der Waals surface area contributed by atoms with Crippen LogP contribution in [0.1, 0.15) is 5.69 Å². The fourth-order valence-corrected chi connectivity index (χ4v) is 1.72. The fourth-order valence-electron chi connectivity index (χ4n) is 1.42. The van der Waals surface area contributed by atoms with Crippen molar-refractivity contribution in [1.82, 2.24) is 9.78 Å². The van der Waals surface area contributed by atoms with Gasteiger partial charge in [0, 0.05) is 17.4 Å². The van der Waals surface area contributed by atoms with Gasteiger partial charge in [-0.15, -0.1) is 0 Å². The number of H-pyrrole nitrogens is 1. The average molecular weight is 286 g/mol. The maximum atomic E-state index is 11.8. The Labute approximate surface area is 112 Å². The second-order valence-corrected chi connectivity index (χ2v) is 4.49. The summed E-state index contributed by atoms with van der Waals surface area (Å²) < 4.78 is 0.873. The van der Waals surface area contributed by atoms with Crippen LogP contribution in [0, 0.1) is 6.92 Å². The summed E-state index contributed by atoms with van der Waals surface area (Å²) in [4.78, 5) is 23.2. The van der Waals surface area contributed by atoms with E-state index in [0.29, 0.717) is 21.4 Å². The van der Waals surface area contributed by atoms with E-state index in [1.807, 2.05) is 0 Å². The van der Waals surface area contributed by atoms with Crippen LogP contribution in [0.5, 0.6) is 0 Å². The Morgan fingerprint density at radius 1 is 1.28 bits per heavy atom. The minimum absolute atomic E-state index is 0.324. The van der Waals surface area contributed by atoms with Crippen molar-refractivity contribution in [2.45, 2.75) is 6.92 Å². The molecular weight excluding hydrogens is 277 g/mol. The van der Waals surface area contributed by atoms with E-state index in [1.165, 1.54) is 12.1 Å². The number of nitrogens with zero attached hydrogens (tertiary/aromatic N) is 1. The molecule has 7 heteroatoms. The van der Waals surface area contributed by atoms with Crippen molar-refractivity contribution < 1.29 is 4.79 Å². The van der Waals surface area contributed by atoms with Crippen molar-refractivity contribution >= 4 is 34.9 Å². The molecule has 1 amide bonds. The highest BCUT2D eigenvalue weighted by atomic mass is 35.5. The van der Waals surface area contributed by atoms with E-state index < -0.39 is 11.6 Å². The molecule has 2 rings (SSSR count). The van der Waals surface area contributed by atoms with Gasteiger partial charge in [0.05, 0.1) is 10.0 Å². The lowest BCUT2D eigenvalue weighted by Crippen LogP contribution is -2.29. The lowest BCUT2D eigenvalue weighted by Gasteiger charge is -2.05. The van der Waals surface area contributed by atoms with E-state index >= 15 is 0 Å². The summed E-state index contributed by atoms with van der Waals surface area (Å²) in [7, 11) is 0. The number of carbonyl (C=O) groups excluding carboxylic acids is 1. The van der Waals surface area contributed by atoms with E-state index in [9.17, 15) is 9.59 Å².